The maximum absolute atomic E-state index is 11.9. The summed E-state index contributed by atoms with van der Waals surface area (Å²) in [4.78, 5) is 6.01. The molecule has 2 aromatic rings. The van der Waals surface area contributed by atoms with E-state index in [0.29, 0.717) is 38.4 Å². The monoisotopic (exact) mass is 954 g/mol. The van der Waals surface area contributed by atoms with Crippen LogP contribution >= 0.6 is 12.0 Å². The number of fused-ring (bicyclic) bond motifs is 2. The molecule has 0 N–H and O–H groups in total. The summed E-state index contributed by atoms with van der Waals surface area (Å²) in [5, 5.41) is 13.6. The van der Waals surface area contributed by atoms with Crippen molar-refractivity contribution in [2.75, 3.05) is 77.0 Å². The van der Waals surface area contributed by atoms with Crippen molar-refractivity contribution in [2.24, 2.45) is 0 Å². The number of benzene rings is 2. The van der Waals surface area contributed by atoms with Crippen LogP contribution in [-0.4, -0.2) is 111 Å². The Labute approximate surface area is 432 Å². The minimum atomic E-state index is -4.55. The Morgan fingerprint density at radius 3 is 1.85 bits per heavy atom. The van der Waals surface area contributed by atoms with Crippen molar-refractivity contribution in [1.29, 1.82) is 0 Å². The zero-order valence-corrected chi connectivity index (χ0v) is 46.0. The Morgan fingerprint density at radius 1 is 0.754 bits per heavy atom. The zero-order valence-electron chi connectivity index (χ0n) is 36.7. The van der Waals surface area contributed by atoms with Gasteiger partial charge in [-0.2, -0.15) is 8.91 Å². The van der Waals surface area contributed by atoms with Crippen LogP contribution < -0.4 is 109 Å². The second-order valence-corrected chi connectivity index (χ2v) is 20.6. The van der Waals surface area contributed by atoms with Crippen LogP contribution in [0.1, 0.15) is 71.9 Å². The Kier molecular flexibility index (Phi) is 24.3. The van der Waals surface area contributed by atoms with E-state index in [0.717, 1.165) is 57.3 Å². The zero-order chi connectivity index (χ0) is 43.1. The molecule has 0 amide bonds. The van der Waals surface area contributed by atoms with Gasteiger partial charge in [-0.1, -0.05) is 19.9 Å². The normalized spacial score (nSPS) is 16.2. The predicted octanol–water partition coefficient (Wildman–Crippen LogP) is -5.36. The number of hydrogen-bond donors (Lipinski definition) is 0. The summed E-state index contributed by atoms with van der Waals surface area (Å²) in [6, 6.07) is 11.8. The summed E-state index contributed by atoms with van der Waals surface area (Å²) >= 11 is 0.927. The van der Waals surface area contributed by atoms with Gasteiger partial charge < -0.3 is 33.6 Å². The fraction of sp³-hybridized carbons (Fsp3) is 0.553. The molecule has 0 saturated heterocycles. The molecule has 0 aromatic heterocycles. The van der Waals surface area contributed by atoms with E-state index >= 15 is 0 Å². The fourth-order valence-electron chi connectivity index (χ4n) is 7.77. The first-order valence-electron chi connectivity index (χ1n) is 19.0. The molecule has 4 rings (SSSR count). The largest absolute Gasteiger partial charge is 1.00 e. The molecule has 0 fully saturated rings. The van der Waals surface area contributed by atoms with E-state index in [9.17, 15) is 44.2 Å². The Hall–Kier alpha value is -0.0500. The smallest absolute Gasteiger partial charge is 0.748 e. The molecule has 0 aliphatic carbocycles. The maximum atomic E-state index is 11.9. The van der Waals surface area contributed by atoms with Gasteiger partial charge in [0.1, 0.15) is 6.54 Å². The third kappa shape index (κ3) is 16.4. The molecule has 0 bridgehead atoms. The molecule has 2 aliphatic rings. The molecule has 2 aliphatic heterocycles. The van der Waals surface area contributed by atoms with E-state index < -0.39 is 58.4 Å². The maximum Gasteiger partial charge on any atom is 1.00 e. The molecule has 16 nitrogen and oxygen atoms in total. The van der Waals surface area contributed by atoms with Crippen LogP contribution in [0.15, 0.2) is 60.3 Å². The van der Waals surface area contributed by atoms with Gasteiger partial charge in [-0.25, -0.2) is 25.3 Å². The summed E-state index contributed by atoms with van der Waals surface area (Å²) < 4.78 is 111. The number of anilines is 3. The number of allylic oxidation sites excluding steroid dienone is 4. The number of hydrogen-bond acceptors (Lipinski definition) is 16. The van der Waals surface area contributed by atoms with Crippen LogP contribution in [0.25, 0.3) is 0 Å². The quantitative estimate of drug-likeness (QED) is 0.0193. The van der Waals surface area contributed by atoms with Crippen molar-refractivity contribution < 1.29 is 147 Å². The first-order chi connectivity index (χ1) is 27.0. The van der Waals surface area contributed by atoms with Gasteiger partial charge in [0.2, 0.25) is 5.69 Å². The third-order valence-electron chi connectivity index (χ3n) is 10.6. The van der Waals surface area contributed by atoms with Gasteiger partial charge in [0.25, 0.3) is 0 Å². The molecular weight excluding hydrogens is 902 g/mol. The molecule has 2 aromatic carbocycles. The predicted molar refractivity (Wildman–Crippen MR) is 221 cm³/mol. The Balaban J connectivity index is 0.00000620. The minimum absolute atomic E-state index is 0. The number of rotatable bonds is 23. The van der Waals surface area contributed by atoms with Crippen LogP contribution in [0.5, 0.6) is 0 Å². The van der Waals surface area contributed by atoms with E-state index in [1.807, 2.05) is 104 Å². The van der Waals surface area contributed by atoms with Crippen molar-refractivity contribution in [3.63, 3.8) is 0 Å². The Morgan fingerprint density at radius 2 is 1.30 bits per heavy atom. The van der Waals surface area contributed by atoms with Gasteiger partial charge in [-0.15, -0.1) is 0 Å². The van der Waals surface area contributed by atoms with E-state index in [1.54, 1.807) is 0 Å². The molecule has 0 radical (unpaired) electrons. The standard InChI is InChI=1S/C38H56N4O12S4.3Na/c1-7-39(19-10-23-55-54-53-43)29-16-18-34-32(27-29)38(5,6)36(42(34)22-26-58(50,51)52)14-9-13-35-37(3,4)31-28-30(40(8-2)20-11-24-56(44,45)46)15-17-33(31)41(35)21-12-25-57(47,48)49;;;/h9,13-18,27-28H,7-8,10-12,19-26H2,1-6H3,(H3-,43,44,45,46,47,48,49,50,51,52);;;/q;3*+1/p-3. The third-order valence-corrected chi connectivity index (χ3v) is 13.5. The van der Waals surface area contributed by atoms with Gasteiger partial charge in [-0.3, -0.25) is 5.04 Å². The van der Waals surface area contributed by atoms with Gasteiger partial charge >= 0.3 is 88.7 Å². The minimum Gasteiger partial charge on any atom is -0.748 e. The van der Waals surface area contributed by atoms with Crippen molar-refractivity contribution in [3.8, 4) is 0 Å². The molecule has 61 heavy (non-hydrogen) atoms. The van der Waals surface area contributed by atoms with Crippen molar-refractivity contribution >= 4 is 70.9 Å². The number of nitrogens with zero attached hydrogens (tertiary/aromatic N) is 4. The molecule has 0 unspecified atom stereocenters. The summed E-state index contributed by atoms with van der Waals surface area (Å²) in [6.07, 6.45) is 6.61. The second-order valence-electron chi connectivity index (χ2n) is 15.2. The molecule has 0 atom stereocenters. The topological polar surface area (TPSA) is 226 Å². The van der Waals surface area contributed by atoms with E-state index in [2.05, 4.69) is 20.3 Å². The molecule has 324 valence electrons. The van der Waals surface area contributed by atoms with Crippen molar-refractivity contribution in [1.82, 2.24) is 0 Å². The van der Waals surface area contributed by atoms with Gasteiger partial charge in [0.05, 0.1) is 41.5 Å². The summed E-state index contributed by atoms with van der Waals surface area (Å²) in [6.45, 7) is 14.5. The van der Waals surface area contributed by atoms with E-state index in [-0.39, 0.29) is 115 Å². The average molecular weight is 955 g/mol. The van der Waals surface area contributed by atoms with Crippen molar-refractivity contribution in [3.05, 3.63) is 71.5 Å². The fourth-order valence-corrected chi connectivity index (χ4v) is 9.50. The van der Waals surface area contributed by atoms with E-state index in [1.165, 1.54) is 0 Å². The van der Waals surface area contributed by atoms with E-state index in [4.69, 9.17) is 0 Å². The molecule has 0 spiro atoms. The molecular formula is C38H53N4Na3O12S4. The molecule has 0 saturated carbocycles. The first-order valence-corrected chi connectivity index (χ1v) is 24.7. The van der Waals surface area contributed by atoms with Crippen LogP contribution in [0.2, 0.25) is 0 Å². The molecule has 2 heterocycles. The summed E-state index contributed by atoms with van der Waals surface area (Å²) in [5.41, 5.74) is 5.51. The van der Waals surface area contributed by atoms with Crippen molar-refractivity contribution in [2.45, 2.75) is 71.6 Å². The summed E-state index contributed by atoms with van der Waals surface area (Å²) in [5.74, 6) is -1.09. The van der Waals surface area contributed by atoms with Crippen LogP contribution in [-0.2, 0) is 50.6 Å². The van der Waals surface area contributed by atoms with Gasteiger partial charge in [0, 0.05) is 114 Å². The summed E-state index contributed by atoms with van der Waals surface area (Å²) in [7, 11) is -13.4. The van der Waals surface area contributed by atoms with Crippen LogP contribution in [0, 0.1) is 0 Å². The SMILES string of the molecule is CCN(CCCSOO[O-])c1ccc2c(c1)C(C)(C)C(=CC=CC1=[N+](CCCS(=O)(=O)[O-])c3ccc(N(CC)CCCS(=O)(=O)[O-])cc3C1(C)C)N2CCS(=O)(=O)[O-].[Na+].[Na+].[Na+]. The molecule has 23 heteroatoms. The Bertz CT molecular complexity index is 2220. The van der Waals surface area contributed by atoms with Gasteiger partial charge in [-0.05, 0) is 82.5 Å². The first kappa shape index (κ1) is 59.0. The van der Waals surface area contributed by atoms with Crippen LogP contribution in [0.3, 0.4) is 0 Å². The van der Waals surface area contributed by atoms with Gasteiger partial charge in [0.15, 0.2) is 5.71 Å². The van der Waals surface area contributed by atoms with Crippen LogP contribution in [0.4, 0.5) is 22.7 Å². The second kappa shape index (κ2) is 25.2. The average Bonchev–Trinajstić information content (AvgIpc) is 3.47.